The lowest BCUT2D eigenvalue weighted by Gasteiger charge is -2.02. The van der Waals surface area contributed by atoms with E-state index in [1.807, 2.05) is 0 Å². The topological polar surface area (TPSA) is 48.1 Å². The van der Waals surface area contributed by atoms with Crippen LogP contribution in [0.25, 0.3) is 10.9 Å². The summed E-state index contributed by atoms with van der Waals surface area (Å²) in [5.41, 5.74) is -0.0256. The Balaban J connectivity index is 2.66. The van der Waals surface area contributed by atoms with Gasteiger partial charge in [0.1, 0.15) is 0 Å². The van der Waals surface area contributed by atoms with Crippen LogP contribution in [0.5, 0.6) is 0 Å². The number of rotatable bonds is 2. The lowest BCUT2D eigenvalue weighted by atomic mass is 10.2. The van der Waals surface area contributed by atoms with Gasteiger partial charge in [0, 0.05) is 23.7 Å². The maximum Gasteiger partial charge on any atom is 0.319 e. The van der Waals surface area contributed by atoms with Crippen LogP contribution in [0, 0.1) is 10.1 Å². The minimum atomic E-state index is -2.69. The fourth-order valence-electron chi connectivity index (χ4n) is 1.42. The number of nitrogens with zero attached hydrogens (tertiary/aromatic N) is 2. The highest BCUT2D eigenvalue weighted by molar-refractivity contribution is 5.82. The number of nitro benzene ring substituents is 1. The van der Waals surface area contributed by atoms with Gasteiger partial charge in [-0.3, -0.25) is 14.7 Å². The smallest absolute Gasteiger partial charge is 0.291 e. The quantitative estimate of drug-likeness (QED) is 0.567. The van der Waals surface area contributed by atoms with Gasteiger partial charge in [-0.25, -0.2) is 0 Å². The van der Waals surface area contributed by atoms with Crippen molar-refractivity contribution in [2.45, 2.75) is 6.55 Å². The van der Waals surface area contributed by atoms with Crippen molar-refractivity contribution >= 4 is 16.6 Å². The van der Waals surface area contributed by atoms with Gasteiger partial charge in [-0.05, 0) is 12.1 Å². The molecule has 6 heteroatoms. The second-order valence-corrected chi connectivity index (χ2v) is 3.00. The number of aromatic nitrogens is 1. The number of hydrogen-bond acceptors (Lipinski definition) is 2. The lowest BCUT2D eigenvalue weighted by Crippen LogP contribution is -1.95. The molecule has 0 saturated carbocycles. The third-order valence-corrected chi connectivity index (χ3v) is 2.13. The van der Waals surface area contributed by atoms with E-state index in [1.165, 1.54) is 24.4 Å². The fraction of sp³-hybridized carbons (Fsp3) is 0.111. The molecule has 2 aromatic rings. The predicted octanol–water partition coefficient (Wildman–Crippen LogP) is 2.94. The SMILES string of the molecule is O=[N+]([O-])c1ccc2ccn(C(F)F)c2c1. The molecule has 0 bridgehead atoms. The molecule has 0 aliphatic heterocycles. The lowest BCUT2D eigenvalue weighted by molar-refractivity contribution is -0.384. The number of nitro groups is 1. The highest BCUT2D eigenvalue weighted by Gasteiger charge is 2.13. The van der Waals surface area contributed by atoms with Crippen LogP contribution in [0.2, 0.25) is 0 Å². The molecule has 0 amide bonds. The van der Waals surface area contributed by atoms with Gasteiger partial charge in [0.05, 0.1) is 10.4 Å². The summed E-state index contributed by atoms with van der Waals surface area (Å²) in [6, 6.07) is 5.37. The predicted molar refractivity (Wildman–Crippen MR) is 49.8 cm³/mol. The minimum absolute atomic E-state index is 0.166. The van der Waals surface area contributed by atoms with E-state index in [2.05, 4.69) is 0 Å². The first-order valence-electron chi connectivity index (χ1n) is 4.13. The highest BCUT2D eigenvalue weighted by atomic mass is 19.3. The Morgan fingerprint density at radius 1 is 1.33 bits per heavy atom. The van der Waals surface area contributed by atoms with Crippen LogP contribution in [-0.2, 0) is 0 Å². The Labute approximate surface area is 82.9 Å². The van der Waals surface area contributed by atoms with Crippen molar-refractivity contribution < 1.29 is 13.7 Å². The second kappa shape index (κ2) is 3.30. The van der Waals surface area contributed by atoms with Crippen molar-refractivity contribution in [2.75, 3.05) is 0 Å². The molecule has 15 heavy (non-hydrogen) atoms. The maximum atomic E-state index is 12.5. The summed E-state index contributed by atoms with van der Waals surface area (Å²) in [5, 5.41) is 11.0. The largest absolute Gasteiger partial charge is 0.319 e. The fourth-order valence-corrected chi connectivity index (χ4v) is 1.42. The molecule has 1 aromatic heterocycles. The zero-order valence-corrected chi connectivity index (χ0v) is 7.43. The van der Waals surface area contributed by atoms with Crippen molar-refractivity contribution in [3.63, 3.8) is 0 Å². The van der Waals surface area contributed by atoms with Crippen LogP contribution in [0.15, 0.2) is 30.5 Å². The van der Waals surface area contributed by atoms with E-state index < -0.39 is 11.5 Å². The van der Waals surface area contributed by atoms with Gasteiger partial charge >= 0.3 is 6.55 Å². The average Bonchev–Trinajstić information content (AvgIpc) is 2.59. The summed E-state index contributed by atoms with van der Waals surface area (Å²) in [6.45, 7) is -2.69. The summed E-state index contributed by atoms with van der Waals surface area (Å²) < 4.78 is 25.6. The molecule has 0 fully saturated rings. The van der Waals surface area contributed by atoms with E-state index in [0.717, 1.165) is 6.07 Å². The van der Waals surface area contributed by atoms with E-state index in [1.54, 1.807) is 0 Å². The van der Waals surface area contributed by atoms with Crippen molar-refractivity contribution in [3.8, 4) is 0 Å². The van der Waals surface area contributed by atoms with Gasteiger partial charge in [0.2, 0.25) is 0 Å². The van der Waals surface area contributed by atoms with E-state index in [-0.39, 0.29) is 11.2 Å². The zero-order chi connectivity index (χ0) is 11.0. The van der Waals surface area contributed by atoms with Crippen LogP contribution < -0.4 is 0 Å². The molecule has 0 aliphatic rings. The normalized spacial score (nSPS) is 11.1. The number of benzene rings is 1. The first-order chi connectivity index (χ1) is 7.09. The summed E-state index contributed by atoms with van der Waals surface area (Å²) >= 11 is 0. The molecule has 0 aliphatic carbocycles. The Hall–Kier alpha value is -1.98. The molecule has 2 rings (SSSR count). The average molecular weight is 212 g/mol. The first kappa shape index (κ1) is 9.57. The zero-order valence-electron chi connectivity index (χ0n) is 7.43. The summed E-state index contributed by atoms with van der Waals surface area (Å²) in [4.78, 5) is 9.85. The second-order valence-electron chi connectivity index (χ2n) is 3.00. The third kappa shape index (κ3) is 1.54. The van der Waals surface area contributed by atoms with Crippen LogP contribution in [0.4, 0.5) is 14.5 Å². The standard InChI is InChI=1S/C9H6F2N2O2/c10-9(11)12-4-3-6-1-2-7(13(14)15)5-8(6)12/h1-5,9H. The molecular weight excluding hydrogens is 206 g/mol. The molecule has 1 heterocycles. The molecule has 0 radical (unpaired) electrons. The molecule has 0 atom stereocenters. The third-order valence-electron chi connectivity index (χ3n) is 2.13. The van der Waals surface area contributed by atoms with E-state index in [9.17, 15) is 18.9 Å². The molecule has 1 aromatic carbocycles. The number of non-ortho nitro benzene ring substituents is 1. The van der Waals surface area contributed by atoms with Crippen LogP contribution in [0.3, 0.4) is 0 Å². The number of fused-ring (bicyclic) bond motifs is 1. The van der Waals surface area contributed by atoms with Gasteiger partial charge in [-0.2, -0.15) is 8.78 Å². The number of hydrogen-bond donors (Lipinski definition) is 0. The van der Waals surface area contributed by atoms with Crippen molar-refractivity contribution in [1.82, 2.24) is 4.57 Å². The molecule has 0 unspecified atom stereocenters. The van der Waals surface area contributed by atoms with Gasteiger partial charge < -0.3 is 0 Å². The maximum absolute atomic E-state index is 12.5. The van der Waals surface area contributed by atoms with Crippen molar-refractivity contribution in [1.29, 1.82) is 0 Å². The van der Waals surface area contributed by atoms with Crippen molar-refractivity contribution in [3.05, 3.63) is 40.6 Å². The van der Waals surface area contributed by atoms with Crippen LogP contribution in [-0.4, -0.2) is 9.49 Å². The van der Waals surface area contributed by atoms with E-state index >= 15 is 0 Å². The Kier molecular flexibility index (Phi) is 2.11. The van der Waals surface area contributed by atoms with Gasteiger partial charge in [-0.15, -0.1) is 0 Å². The summed E-state index contributed by atoms with van der Waals surface area (Å²) in [5.74, 6) is 0. The van der Waals surface area contributed by atoms with Crippen LogP contribution >= 0.6 is 0 Å². The summed E-state index contributed by atoms with van der Waals surface area (Å²) in [6.07, 6.45) is 1.21. The van der Waals surface area contributed by atoms with Crippen LogP contribution in [0.1, 0.15) is 6.55 Å². The number of halogens is 2. The molecule has 0 saturated heterocycles. The Morgan fingerprint density at radius 3 is 2.67 bits per heavy atom. The Morgan fingerprint density at radius 2 is 2.07 bits per heavy atom. The summed E-state index contributed by atoms with van der Waals surface area (Å²) in [7, 11) is 0. The molecule has 4 nitrogen and oxygen atoms in total. The van der Waals surface area contributed by atoms with Gasteiger partial charge in [0.25, 0.3) is 5.69 Å². The van der Waals surface area contributed by atoms with E-state index in [4.69, 9.17) is 0 Å². The van der Waals surface area contributed by atoms with Gasteiger partial charge in [-0.1, -0.05) is 0 Å². The first-order valence-corrected chi connectivity index (χ1v) is 4.13. The monoisotopic (exact) mass is 212 g/mol. The molecule has 0 N–H and O–H groups in total. The molecule has 78 valence electrons. The molecule has 0 spiro atoms. The van der Waals surface area contributed by atoms with Crippen molar-refractivity contribution in [2.24, 2.45) is 0 Å². The van der Waals surface area contributed by atoms with Gasteiger partial charge in [0.15, 0.2) is 0 Å². The van der Waals surface area contributed by atoms with E-state index in [0.29, 0.717) is 9.95 Å². The number of alkyl halides is 2. The minimum Gasteiger partial charge on any atom is -0.291 e. The Bertz CT molecular complexity index is 522. The highest BCUT2D eigenvalue weighted by Crippen LogP contribution is 2.25. The molecular formula is C9H6F2N2O2.